The minimum absolute atomic E-state index is 0.0826. The fraction of sp³-hybridized carbons (Fsp3) is 0.0800. The first kappa shape index (κ1) is 21.7. The van der Waals surface area contributed by atoms with E-state index in [4.69, 9.17) is 11.6 Å². The van der Waals surface area contributed by atoms with Gasteiger partial charge in [-0.3, -0.25) is 19.2 Å². The van der Waals surface area contributed by atoms with E-state index in [1.807, 2.05) is 24.3 Å². The number of aliphatic hydroxyl groups excluding tert-OH is 1. The lowest BCUT2D eigenvalue weighted by molar-refractivity contribution is 0.0871. The number of fused-ring (bicyclic) bond motifs is 1. The highest BCUT2D eigenvalue weighted by Crippen LogP contribution is 2.40. The van der Waals surface area contributed by atoms with Crippen LogP contribution >= 0.6 is 11.6 Å². The second-order valence-electron chi connectivity index (χ2n) is 7.70. The number of aromatic nitrogens is 2. The van der Waals surface area contributed by atoms with Crippen LogP contribution in [0.2, 0.25) is 5.02 Å². The molecule has 34 heavy (non-hydrogen) atoms. The summed E-state index contributed by atoms with van der Waals surface area (Å²) in [6.07, 6.45) is -1.40. The van der Waals surface area contributed by atoms with E-state index in [2.05, 4.69) is 10.3 Å². The molecule has 1 aliphatic rings. The van der Waals surface area contributed by atoms with Crippen LogP contribution < -0.4 is 20.8 Å². The highest BCUT2D eigenvalue weighted by atomic mass is 35.5. The average Bonchev–Trinajstić information content (AvgIpc) is 2.85. The predicted octanol–water partition coefficient (Wildman–Crippen LogP) is 4.25. The van der Waals surface area contributed by atoms with Crippen molar-refractivity contribution in [2.45, 2.75) is 6.35 Å². The zero-order chi connectivity index (χ0) is 23.8. The van der Waals surface area contributed by atoms with Crippen LogP contribution in [-0.4, -0.2) is 26.9 Å². The van der Waals surface area contributed by atoms with Crippen molar-refractivity contribution in [1.29, 1.82) is 0 Å². The van der Waals surface area contributed by atoms with E-state index >= 15 is 0 Å². The van der Waals surface area contributed by atoms with Gasteiger partial charge in [-0.1, -0.05) is 48.0 Å². The summed E-state index contributed by atoms with van der Waals surface area (Å²) in [6.45, 7) is 0. The predicted molar refractivity (Wildman–Crippen MR) is 132 cm³/mol. The third-order valence-corrected chi connectivity index (χ3v) is 5.82. The van der Waals surface area contributed by atoms with Gasteiger partial charge in [-0.2, -0.15) is 4.98 Å². The molecule has 1 amide bonds. The molecule has 1 aromatic heterocycles. The number of rotatable bonds is 4. The van der Waals surface area contributed by atoms with Gasteiger partial charge in [-0.05, 0) is 48.5 Å². The standard InChI is InChI=1S/C25H20ClN5O3/c1-29-22-20(21(28-24(29)33)27-17-14-12-16(26)13-15-17)23(32)31(19-10-6-3-7-11-19)25(34)30(22)18-8-4-2-5-9-18/h2-15,25,34H,1H3,(H,27,28,33). The Morgan fingerprint density at radius 2 is 1.41 bits per heavy atom. The molecule has 5 rings (SSSR count). The molecule has 0 saturated heterocycles. The van der Waals surface area contributed by atoms with Crippen LogP contribution in [0.25, 0.3) is 0 Å². The number of amides is 1. The molecule has 1 unspecified atom stereocenters. The minimum atomic E-state index is -1.40. The molecule has 0 aliphatic carbocycles. The van der Waals surface area contributed by atoms with Crippen molar-refractivity contribution in [3.63, 3.8) is 0 Å². The number of nitrogens with one attached hydrogen (secondary N) is 1. The molecule has 4 aromatic rings. The Hall–Kier alpha value is -4.14. The van der Waals surface area contributed by atoms with E-state index in [0.717, 1.165) is 0 Å². The first-order chi connectivity index (χ1) is 16.5. The molecule has 0 fully saturated rings. The van der Waals surface area contributed by atoms with E-state index in [1.54, 1.807) is 65.6 Å². The fourth-order valence-electron chi connectivity index (χ4n) is 3.96. The molecule has 2 heterocycles. The molecule has 0 radical (unpaired) electrons. The Balaban J connectivity index is 1.76. The van der Waals surface area contributed by atoms with Crippen molar-refractivity contribution in [2.24, 2.45) is 7.05 Å². The van der Waals surface area contributed by atoms with Gasteiger partial charge in [0.05, 0.1) is 0 Å². The maximum Gasteiger partial charge on any atom is 0.350 e. The highest BCUT2D eigenvalue weighted by molar-refractivity contribution is 6.30. The largest absolute Gasteiger partial charge is 0.356 e. The summed E-state index contributed by atoms with van der Waals surface area (Å²) >= 11 is 6.00. The molecule has 8 nitrogen and oxygen atoms in total. The van der Waals surface area contributed by atoms with Crippen molar-refractivity contribution >= 4 is 46.2 Å². The van der Waals surface area contributed by atoms with Gasteiger partial charge in [0.15, 0.2) is 5.82 Å². The Bertz CT molecular complexity index is 1410. The zero-order valence-corrected chi connectivity index (χ0v) is 18.8. The van der Waals surface area contributed by atoms with Crippen molar-refractivity contribution in [3.05, 3.63) is 106 Å². The van der Waals surface area contributed by atoms with Gasteiger partial charge in [0.25, 0.3) is 5.91 Å². The number of aliphatic hydroxyl groups is 1. The van der Waals surface area contributed by atoms with Crippen LogP contribution in [0.5, 0.6) is 0 Å². The number of benzene rings is 3. The van der Waals surface area contributed by atoms with Gasteiger partial charge in [-0.25, -0.2) is 4.79 Å². The smallest absolute Gasteiger partial charge is 0.350 e. The van der Waals surface area contributed by atoms with Crippen LogP contribution in [0.3, 0.4) is 0 Å². The number of anilines is 5. The van der Waals surface area contributed by atoms with Gasteiger partial charge in [-0.15, -0.1) is 0 Å². The number of carbonyl (C=O) groups excluding carboxylic acids is 1. The van der Waals surface area contributed by atoms with E-state index < -0.39 is 17.9 Å². The lowest BCUT2D eigenvalue weighted by Crippen LogP contribution is -2.56. The van der Waals surface area contributed by atoms with Crippen molar-refractivity contribution in [1.82, 2.24) is 9.55 Å². The maximum atomic E-state index is 13.9. The van der Waals surface area contributed by atoms with Crippen LogP contribution in [0, 0.1) is 0 Å². The molecule has 0 spiro atoms. The summed E-state index contributed by atoms with van der Waals surface area (Å²) in [7, 11) is 1.52. The third kappa shape index (κ3) is 3.68. The van der Waals surface area contributed by atoms with E-state index in [1.165, 1.54) is 16.5 Å². The third-order valence-electron chi connectivity index (χ3n) is 5.57. The Morgan fingerprint density at radius 1 is 0.853 bits per heavy atom. The molecule has 0 bridgehead atoms. The number of para-hydroxylation sites is 2. The Labute approximate surface area is 200 Å². The van der Waals surface area contributed by atoms with Gasteiger partial charge >= 0.3 is 5.69 Å². The molecule has 9 heteroatoms. The topological polar surface area (TPSA) is 90.7 Å². The summed E-state index contributed by atoms with van der Waals surface area (Å²) < 4.78 is 1.26. The van der Waals surface area contributed by atoms with Crippen molar-refractivity contribution in [2.75, 3.05) is 15.1 Å². The van der Waals surface area contributed by atoms with E-state index in [-0.39, 0.29) is 17.2 Å². The first-order valence-electron chi connectivity index (χ1n) is 10.5. The summed E-state index contributed by atoms with van der Waals surface area (Å²) in [5.41, 5.74) is 1.27. The average molecular weight is 474 g/mol. The van der Waals surface area contributed by atoms with E-state index in [9.17, 15) is 14.7 Å². The minimum Gasteiger partial charge on any atom is -0.356 e. The number of carbonyl (C=O) groups is 1. The second kappa shape index (κ2) is 8.66. The molecule has 1 aliphatic heterocycles. The van der Waals surface area contributed by atoms with Crippen molar-refractivity contribution < 1.29 is 9.90 Å². The number of hydrogen-bond acceptors (Lipinski definition) is 6. The van der Waals surface area contributed by atoms with Gasteiger partial charge in [0.1, 0.15) is 11.4 Å². The molecule has 3 aromatic carbocycles. The van der Waals surface area contributed by atoms with E-state index in [0.29, 0.717) is 22.1 Å². The van der Waals surface area contributed by atoms with Gasteiger partial charge in [0, 0.05) is 29.1 Å². The van der Waals surface area contributed by atoms with Gasteiger partial charge in [0.2, 0.25) is 6.35 Å². The van der Waals surface area contributed by atoms with Crippen LogP contribution in [0.1, 0.15) is 10.4 Å². The van der Waals surface area contributed by atoms with Gasteiger partial charge < -0.3 is 10.4 Å². The quantitative estimate of drug-likeness (QED) is 0.460. The zero-order valence-electron chi connectivity index (χ0n) is 18.1. The highest BCUT2D eigenvalue weighted by Gasteiger charge is 2.42. The molecule has 1 atom stereocenters. The summed E-state index contributed by atoms with van der Waals surface area (Å²) in [5, 5.41) is 15.1. The molecule has 0 saturated carbocycles. The molecular weight excluding hydrogens is 454 g/mol. The Kier molecular flexibility index (Phi) is 5.53. The lowest BCUT2D eigenvalue weighted by Gasteiger charge is -2.43. The second-order valence-corrected chi connectivity index (χ2v) is 8.13. The van der Waals surface area contributed by atoms with Crippen molar-refractivity contribution in [3.8, 4) is 0 Å². The fourth-order valence-corrected chi connectivity index (χ4v) is 4.09. The summed E-state index contributed by atoms with van der Waals surface area (Å²) in [5.74, 6) is -0.188. The monoisotopic (exact) mass is 473 g/mol. The number of nitrogens with zero attached hydrogens (tertiary/aromatic N) is 4. The number of halogens is 1. The molecule has 2 N–H and O–H groups in total. The van der Waals surface area contributed by atoms with Crippen LogP contribution in [-0.2, 0) is 7.05 Å². The first-order valence-corrected chi connectivity index (χ1v) is 10.9. The normalized spacial score (nSPS) is 15.3. The Morgan fingerprint density at radius 3 is 2.00 bits per heavy atom. The molecular formula is C25H20ClN5O3. The SMILES string of the molecule is Cn1c2c(c(Nc3ccc(Cl)cc3)nc1=O)C(=O)N(c1ccccc1)C(O)N2c1ccccc1. The summed E-state index contributed by atoms with van der Waals surface area (Å²) in [6, 6.07) is 24.7. The molecule has 170 valence electrons. The maximum absolute atomic E-state index is 13.9. The number of hydrogen-bond donors (Lipinski definition) is 2. The lowest BCUT2D eigenvalue weighted by atomic mass is 10.1. The van der Waals surface area contributed by atoms with Crippen LogP contribution in [0.4, 0.5) is 28.7 Å². The summed E-state index contributed by atoms with van der Waals surface area (Å²) in [4.78, 5) is 33.7. The van der Waals surface area contributed by atoms with Crippen LogP contribution in [0.15, 0.2) is 89.7 Å².